The van der Waals surface area contributed by atoms with Gasteiger partial charge in [0.2, 0.25) is 5.91 Å². The number of aromatic carboxylic acids is 1. The highest BCUT2D eigenvalue weighted by Gasteiger charge is 2.39. The predicted octanol–water partition coefficient (Wildman–Crippen LogP) is 2.50. The van der Waals surface area contributed by atoms with Crippen LogP contribution in [0.4, 0.5) is 5.69 Å². The minimum atomic E-state index is -1.09. The highest BCUT2D eigenvalue weighted by atomic mass is 35.5. The van der Waals surface area contributed by atoms with Crippen LogP contribution in [0.3, 0.4) is 0 Å². The number of nitrogens with one attached hydrogen (secondary N) is 1. The Morgan fingerprint density at radius 3 is 2.50 bits per heavy atom. The number of anilines is 1. The van der Waals surface area contributed by atoms with Crippen LogP contribution in [0.2, 0.25) is 5.02 Å². The number of rotatable bonds is 4. The molecule has 0 aromatic heterocycles. The maximum atomic E-state index is 12.4. The normalized spacial score (nSPS) is 16.9. The first-order valence-electron chi connectivity index (χ1n) is 6.52. The summed E-state index contributed by atoms with van der Waals surface area (Å²) < 4.78 is 0. The third-order valence-electron chi connectivity index (χ3n) is 3.84. The Morgan fingerprint density at radius 2 is 1.95 bits per heavy atom. The number of nitrogens with two attached hydrogens (primary N) is 1. The fraction of sp³-hybridized carbons (Fsp3) is 0.429. The first-order valence-corrected chi connectivity index (χ1v) is 6.90. The van der Waals surface area contributed by atoms with E-state index in [1.165, 1.54) is 18.2 Å². The van der Waals surface area contributed by atoms with Crippen molar-refractivity contribution in [3.8, 4) is 0 Å². The molecule has 1 amide bonds. The Morgan fingerprint density at radius 1 is 1.30 bits per heavy atom. The standard InChI is InChI=1S/C14H17ClN2O3/c15-10-5-9(12(18)19)6-11(7-10)17-13(20)14(8-16)3-1-2-4-14/h5-7H,1-4,8,16H2,(H,17,20)(H,18,19). The average Bonchev–Trinajstić information content (AvgIpc) is 2.88. The van der Waals surface area contributed by atoms with Gasteiger partial charge in [0.05, 0.1) is 11.0 Å². The van der Waals surface area contributed by atoms with E-state index in [4.69, 9.17) is 22.4 Å². The van der Waals surface area contributed by atoms with Crippen molar-refractivity contribution in [2.75, 3.05) is 11.9 Å². The lowest BCUT2D eigenvalue weighted by atomic mass is 9.85. The second-order valence-electron chi connectivity index (χ2n) is 5.18. The minimum absolute atomic E-state index is 0.0426. The fourth-order valence-electron chi connectivity index (χ4n) is 2.62. The quantitative estimate of drug-likeness (QED) is 0.796. The molecule has 0 bridgehead atoms. The van der Waals surface area contributed by atoms with Crippen molar-refractivity contribution in [1.82, 2.24) is 0 Å². The van der Waals surface area contributed by atoms with Crippen LogP contribution >= 0.6 is 11.6 Å². The Hall–Kier alpha value is -1.59. The van der Waals surface area contributed by atoms with Gasteiger partial charge in [-0.25, -0.2) is 4.79 Å². The summed E-state index contributed by atoms with van der Waals surface area (Å²) in [5.41, 5.74) is 5.65. The molecule has 20 heavy (non-hydrogen) atoms. The number of hydrogen-bond acceptors (Lipinski definition) is 3. The molecule has 0 heterocycles. The second-order valence-corrected chi connectivity index (χ2v) is 5.62. The van der Waals surface area contributed by atoms with Crippen LogP contribution in [0.1, 0.15) is 36.0 Å². The predicted molar refractivity (Wildman–Crippen MR) is 77.0 cm³/mol. The average molecular weight is 297 g/mol. The van der Waals surface area contributed by atoms with E-state index in [1.807, 2.05) is 0 Å². The van der Waals surface area contributed by atoms with Crippen LogP contribution in [-0.2, 0) is 4.79 Å². The molecule has 6 heteroatoms. The molecule has 1 aromatic carbocycles. The van der Waals surface area contributed by atoms with Gasteiger partial charge >= 0.3 is 5.97 Å². The van der Waals surface area contributed by atoms with Crippen molar-refractivity contribution < 1.29 is 14.7 Å². The van der Waals surface area contributed by atoms with Gasteiger partial charge in [-0.2, -0.15) is 0 Å². The molecule has 108 valence electrons. The first-order chi connectivity index (χ1) is 9.47. The van der Waals surface area contributed by atoms with Crippen molar-refractivity contribution in [1.29, 1.82) is 0 Å². The molecule has 2 rings (SSSR count). The number of benzene rings is 1. The van der Waals surface area contributed by atoms with Gasteiger partial charge in [0, 0.05) is 17.3 Å². The number of halogens is 1. The smallest absolute Gasteiger partial charge is 0.335 e. The van der Waals surface area contributed by atoms with Gasteiger partial charge in [0.1, 0.15) is 0 Å². The minimum Gasteiger partial charge on any atom is -0.478 e. The molecular formula is C14H17ClN2O3. The number of carboxylic acids is 1. The zero-order valence-electron chi connectivity index (χ0n) is 11.0. The summed E-state index contributed by atoms with van der Waals surface area (Å²) >= 11 is 5.87. The van der Waals surface area contributed by atoms with Crippen molar-refractivity contribution in [3.05, 3.63) is 28.8 Å². The summed E-state index contributed by atoms with van der Waals surface area (Å²) in [5.74, 6) is -1.24. The van der Waals surface area contributed by atoms with Crippen LogP contribution in [0.15, 0.2) is 18.2 Å². The van der Waals surface area contributed by atoms with E-state index in [0.717, 1.165) is 25.7 Å². The van der Waals surface area contributed by atoms with Gasteiger partial charge in [0.15, 0.2) is 0 Å². The zero-order chi connectivity index (χ0) is 14.8. The molecule has 1 aliphatic rings. The van der Waals surface area contributed by atoms with Gasteiger partial charge in [0.25, 0.3) is 0 Å². The van der Waals surface area contributed by atoms with Gasteiger partial charge in [-0.1, -0.05) is 24.4 Å². The maximum absolute atomic E-state index is 12.4. The van der Waals surface area contributed by atoms with E-state index in [1.54, 1.807) is 0 Å². The van der Waals surface area contributed by atoms with E-state index in [2.05, 4.69) is 5.32 Å². The molecule has 0 unspecified atom stereocenters. The third kappa shape index (κ3) is 2.94. The number of amides is 1. The van der Waals surface area contributed by atoms with Gasteiger partial charge in [-0.05, 0) is 31.0 Å². The molecule has 1 fully saturated rings. The van der Waals surface area contributed by atoms with Gasteiger partial charge in [-0.3, -0.25) is 4.79 Å². The molecule has 0 spiro atoms. The van der Waals surface area contributed by atoms with Gasteiger partial charge in [-0.15, -0.1) is 0 Å². The number of carbonyl (C=O) groups is 2. The van der Waals surface area contributed by atoms with Crippen molar-refractivity contribution in [2.45, 2.75) is 25.7 Å². The highest BCUT2D eigenvalue weighted by molar-refractivity contribution is 6.31. The summed E-state index contributed by atoms with van der Waals surface area (Å²) in [7, 11) is 0. The monoisotopic (exact) mass is 296 g/mol. The Balaban J connectivity index is 2.21. The van der Waals surface area contributed by atoms with E-state index in [0.29, 0.717) is 12.2 Å². The van der Waals surface area contributed by atoms with Crippen molar-refractivity contribution in [2.24, 2.45) is 11.1 Å². The van der Waals surface area contributed by atoms with E-state index in [9.17, 15) is 9.59 Å². The summed E-state index contributed by atoms with van der Waals surface area (Å²) in [6.07, 6.45) is 3.50. The third-order valence-corrected chi connectivity index (χ3v) is 4.05. The van der Waals surface area contributed by atoms with Crippen LogP contribution < -0.4 is 11.1 Å². The lowest BCUT2D eigenvalue weighted by Gasteiger charge is -2.25. The fourth-order valence-corrected chi connectivity index (χ4v) is 2.86. The van der Waals surface area contributed by atoms with E-state index in [-0.39, 0.29) is 16.5 Å². The van der Waals surface area contributed by atoms with Crippen molar-refractivity contribution >= 4 is 29.2 Å². The SMILES string of the molecule is NCC1(C(=O)Nc2cc(Cl)cc(C(=O)O)c2)CCCC1. The Bertz CT molecular complexity index is 539. The summed E-state index contributed by atoms with van der Waals surface area (Å²) in [6, 6.07) is 4.27. The zero-order valence-corrected chi connectivity index (χ0v) is 11.7. The summed E-state index contributed by atoms with van der Waals surface area (Å²) in [5, 5.41) is 12.0. The highest BCUT2D eigenvalue weighted by Crippen LogP contribution is 2.38. The first kappa shape index (κ1) is 14.8. The summed E-state index contributed by atoms with van der Waals surface area (Å²) in [4.78, 5) is 23.4. The van der Waals surface area contributed by atoms with Crippen molar-refractivity contribution in [3.63, 3.8) is 0 Å². The molecular weight excluding hydrogens is 280 g/mol. The summed E-state index contributed by atoms with van der Waals surface area (Å²) in [6.45, 7) is 0.297. The van der Waals surface area contributed by atoms with Gasteiger partial charge < -0.3 is 16.2 Å². The maximum Gasteiger partial charge on any atom is 0.335 e. The largest absolute Gasteiger partial charge is 0.478 e. The Kier molecular flexibility index (Phi) is 4.30. The molecule has 0 saturated heterocycles. The molecule has 1 aromatic rings. The van der Waals surface area contributed by atoms with E-state index >= 15 is 0 Å². The molecule has 0 aliphatic heterocycles. The Labute approximate surface area is 122 Å². The topological polar surface area (TPSA) is 92.4 Å². The number of carboxylic acid groups (broad SMARTS) is 1. The lowest BCUT2D eigenvalue weighted by Crippen LogP contribution is -2.40. The second kappa shape index (κ2) is 5.81. The lowest BCUT2D eigenvalue weighted by molar-refractivity contribution is -0.124. The molecule has 5 nitrogen and oxygen atoms in total. The van der Waals surface area contributed by atoms with Crippen LogP contribution in [0.25, 0.3) is 0 Å². The molecule has 1 saturated carbocycles. The van der Waals surface area contributed by atoms with Crippen LogP contribution in [-0.4, -0.2) is 23.5 Å². The van der Waals surface area contributed by atoms with Crippen LogP contribution in [0.5, 0.6) is 0 Å². The number of hydrogen-bond donors (Lipinski definition) is 3. The van der Waals surface area contributed by atoms with Crippen LogP contribution in [0, 0.1) is 5.41 Å². The van der Waals surface area contributed by atoms with E-state index < -0.39 is 11.4 Å². The molecule has 4 N–H and O–H groups in total. The molecule has 1 aliphatic carbocycles. The molecule has 0 radical (unpaired) electrons. The molecule has 0 atom stereocenters. The number of carbonyl (C=O) groups excluding carboxylic acids is 1.